The van der Waals surface area contributed by atoms with E-state index in [1.54, 1.807) is 6.07 Å². The van der Waals surface area contributed by atoms with Crippen LogP contribution < -0.4 is 5.73 Å². The molecule has 4 heteroatoms. The lowest BCUT2D eigenvalue weighted by molar-refractivity contribution is 0.195. The molecule has 0 aromatic heterocycles. The highest BCUT2D eigenvalue weighted by Crippen LogP contribution is 2.33. The Balaban J connectivity index is 2.49. The van der Waals surface area contributed by atoms with Crippen LogP contribution in [0.1, 0.15) is 16.7 Å². The lowest BCUT2D eigenvalue weighted by Crippen LogP contribution is -2.41. The molecular weight excluding hydrogens is 333 g/mol. The molecule has 0 saturated carbocycles. The Bertz CT molecular complexity index is 626. The Labute approximate surface area is 132 Å². The van der Waals surface area contributed by atoms with Gasteiger partial charge in [-0.05, 0) is 52.0 Å². The van der Waals surface area contributed by atoms with Gasteiger partial charge in [-0.1, -0.05) is 36.4 Å². The van der Waals surface area contributed by atoms with Crippen LogP contribution in [0.3, 0.4) is 0 Å². The van der Waals surface area contributed by atoms with Crippen LogP contribution in [-0.2, 0) is 11.8 Å². The van der Waals surface area contributed by atoms with Gasteiger partial charge in [-0.2, -0.15) is 0 Å². The van der Waals surface area contributed by atoms with Crippen LogP contribution in [0.4, 0.5) is 4.39 Å². The summed E-state index contributed by atoms with van der Waals surface area (Å²) in [5.41, 5.74) is 8.26. The Morgan fingerprint density at radius 2 is 1.90 bits per heavy atom. The first kappa shape index (κ1) is 16.1. The summed E-state index contributed by atoms with van der Waals surface area (Å²) >= 11 is 3.28. The smallest absolute Gasteiger partial charge is 0.137 e. The van der Waals surface area contributed by atoms with Crippen molar-refractivity contribution in [1.82, 2.24) is 0 Å². The molecule has 2 aromatic rings. The molecule has 0 aliphatic heterocycles. The highest BCUT2D eigenvalue weighted by molar-refractivity contribution is 9.10. The van der Waals surface area contributed by atoms with E-state index >= 15 is 0 Å². The molecule has 0 heterocycles. The van der Waals surface area contributed by atoms with E-state index in [2.05, 4.69) is 15.9 Å². The zero-order valence-electron chi connectivity index (χ0n) is 11.9. The molecule has 0 spiro atoms. The molecule has 0 fully saturated rings. The molecule has 0 bridgehead atoms. The first-order valence-corrected chi connectivity index (χ1v) is 7.63. The van der Waals surface area contributed by atoms with Crippen molar-refractivity contribution in [1.29, 1.82) is 0 Å². The maximum atomic E-state index is 13.7. The molecule has 21 heavy (non-hydrogen) atoms. The molecule has 0 aliphatic carbocycles. The Morgan fingerprint density at radius 1 is 1.19 bits per heavy atom. The van der Waals surface area contributed by atoms with E-state index in [0.29, 0.717) is 10.9 Å². The van der Waals surface area contributed by atoms with Gasteiger partial charge in [0.2, 0.25) is 0 Å². The SMILES string of the molecule is Cc1ccccc1C(CN)(CO)Cc1cccc(F)c1Br. The zero-order valence-corrected chi connectivity index (χ0v) is 13.5. The summed E-state index contributed by atoms with van der Waals surface area (Å²) < 4.78 is 14.1. The second-order valence-corrected chi connectivity index (χ2v) is 6.14. The van der Waals surface area contributed by atoms with Gasteiger partial charge in [0.25, 0.3) is 0 Å². The summed E-state index contributed by atoms with van der Waals surface area (Å²) in [5.74, 6) is -0.304. The lowest BCUT2D eigenvalue weighted by Gasteiger charge is -2.33. The molecule has 2 nitrogen and oxygen atoms in total. The minimum atomic E-state index is -0.609. The lowest BCUT2D eigenvalue weighted by atomic mass is 9.74. The number of nitrogens with two attached hydrogens (primary N) is 1. The fourth-order valence-corrected chi connectivity index (χ4v) is 3.10. The number of halogens is 2. The van der Waals surface area contributed by atoms with Crippen molar-refractivity contribution in [3.05, 3.63) is 69.4 Å². The largest absolute Gasteiger partial charge is 0.395 e. The van der Waals surface area contributed by atoms with E-state index in [1.165, 1.54) is 6.07 Å². The van der Waals surface area contributed by atoms with Crippen LogP contribution in [0.2, 0.25) is 0 Å². The summed E-state index contributed by atoms with van der Waals surface area (Å²) in [7, 11) is 0. The van der Waals surface area contributed by atoms with Gasteiger partial charge in [0.15, 0.2) is 0 Å². The van der Waals surface area contributed by atoms with E-state index in [9.17, 15) is 9.50 Å². The average molecular weight is 352 g/mol. The van der Waals surface area contributed by atoms with Crippen molar-refractivity contribution in [3.8, 4) is 0 Å². The number of rotatable bonds is 5. The second kappa shape index (κ2) is 6.69. The summed E-state index contributed by atoms with van der Waals surface area (Å²) in [4.78, 5) is 0. The minimum absolute atomic E-state index is 0.0860. The first-order valence-electron chi connectivity index (χ1n) is 6.84. The van der Waals surface area contributed by atoms with Gasteiger partial charge in [-0.15, -0.1) is 0 Å². The summed E-state index contributed by atoms with van der Waals surface area (Å²) in [6.45, 7) is 2.20. The van der Waals surface area contributed by atoms with Crippen LogP contribution in [0.15, 0.2) is 46.9 Å². The quantitative estimate of drug-likeness (QED) is 0.867. The molecule has 0 saturated heterocycles. The predicted octanol–water partition coefficient (Wildman–Crippen LogP) is 3.33. The molecule has 0 radical (unpaired) electrons. The average Bonchev–Trinajstić information content (AvgIpc) is 2.50. The molecule has 2 aromatic carbocycles. The van der Waals surface area contributed by atoms with Crippen molar-refractivity contribution < 1.29 is 9.50 Å². The number of aliphatic hydroxyl groups is 1. The van der Waals surface area contributed by atoms with Gasteiger partial charge in [0, 0.05) is 12.0 Å². The Morgan fingerprint density at radius 3 is 2.52 bits per heavy atom. The normalized spacial score (nSPS) is 14.0. The topological polar surface area (TPSA) is 46.2 Å². The zero-order chi connectivity index (χ0) is 15.5. The second-order valence-electron chi connectivity index (χ2n) is 5.35. The molecule has 2 rings (SSSR count). The van der Waals surface area contributed by atoms with Gasteiger partial charge in [-0.3, -0.25) is 0 Å². The van der Waals surface area contributed by atoms with E-state index < -0.39 is 5.41 Å². The maximum Gasteiger partial charge on any atom is 0.137 e. The van der Waals surface area contributed by atoms with Crippen LogP contribution in [-0.4, -0.2) is 18.3 Å². The van der Waals surface area contributed by atoms with E-state index in [1.807, 2.05) is 37.3 Å². The van der Waals surface area contributed by atoms with Crippen LogP contribution in [0, 0.1) is 12.7 Å². The molecule has 112 valence electrons. The number of aliphatic hydroxyl groups excluding tert-OH is 1. The molecule has 1 unspecified atom stereocenters. The van der Waals surface area contributed by atoms with E-state index in [-0.39, 0.29) is 19.0 Å². The highest BCUT2D eigenvalue weighted by Gasteiger charge is 2.32. The molecule has 1 atom stereocenters. The molecule has 3 N–H and O–H groups in total. The highest BCUT2D eigenvalue weighted by atomic mass is 79.9. The standard InChI is InChI=1S/C17H19BrFNO/c1-12-5-2-3-7-14(12)17(10-20,11-21)9-13-6-4-8-15(19)16(13)18/h2-8,21H,9-11,20H2,1H3. The third-order valence-electron chi connectivity index (χ3n) is 3.97. The predicted molar refractivity (Wildman–Crippen MR) is 86.8 cm³/mol. The van der Waals surface area contributed by atoms with Crippen molar-refractivity contribution in [2.75, 3.05) is 13.2 Å². The minimum Gasteiger partial charge on any atom is -0.395 e. The van der Waals surface area contributed by atoms with Crippen LogP contribution >= 0.6 is 15.9 Å². The third kappa shape index (κ3) is 3.18. The van der Waals surface area contributed by atoms with Gasteiger partial charge < -0.3 is 10.8 Å². The van der Waals surface area contributed by atoms with Crippen LogP contribution in [0.25, 0.3) is 0 Å². The number of benzene rings is 2. The first-order chi connectivity index (χ1) is 10.0. The monoisotopic (exact) mass is 351 g/mol. The maximum absolute atomic E-state index is 13.7. The number of aryl methyl sites for hydroxylation is 1. The van der Waals surface area contributed by atoms with Crippen molar-refractivity contribution in [3.63, 3.8) is 0 Å². The Hall–Kier alpha value is -1.23. The summed E-state index contributed by atoms with van der Waals surface area (Å²) in [5, 5.41) is 9.99. The van der Waals surface area contributed by atoms with Gasteiger partial charge in [0.1, 0.15) is 5.82 Å². The van der Waals surface area contributed by atoms with Crippen molar-refractivity contribution in [2.45, 2.75) is 18.8 Å². The number of hydrogen-bond acceptors (Lipinski definition) is 2. The molecule has 0 amide bonds. The summed E-state index contributed by atoms with van der Waals surface area (Å²) in [6, 6.07) is 12.8. The van der Waals surface area contributed by atoms with Crippen molar-refractivity contribution in [2.24, 2.45) is 5.73 Å². The van der Waals surface area contributed by atoms with Crippen molar-refractivity contribution >= 4 is 15.9 Å². The van der Waals surface area contributed by atoms with Gasteiger partial charge in [-0.25, -0.2) is 4.39 Å². The Kier molecular flexibility index (Phi) is 5.14. The van der Waals surface area contributed by atoms with E-state index in [0.717, 1.165) is 16.7 Å². The molecular formula is C17H19BrFNO. The fraction of sp³-hybridized carbons (Fsp3) is 0.294. The molecule has 0 aliphatic rings. The number of hydrogen-bond donors (Lipinski definition) is 2. The van der Waals surface area contributed by atoms with E-state index in [4.69, 9.17) is 5.73 Å². The van der Waals surface area contributed by atoms with Gasteiger partial charge in [0.05, 0.1) is 11.1 Å². The van der Waals surface area contributed by atoms with Gasteiger partial charge >= 0.3 is 0 Å². The summed E-state index contributed by atoms with van der Waals surface area (Å²) in [6.07, 6.45) is 0.475. The van der Waals surface area contributed by atoms with Crippen LogP contribution in [0.5, 0.6) is 0 Å². The fourth-order valence-electron chi connectivity index (χ4n) is 2.70. The third-order valence-corrected chi connectivity index (χ3v) is 4.86.